The molecule has 7 nitrogen and oxygen atoms in total. The van der Waals surface area contributed by atoms with Gasteiger partial charge >= 0.3 is 5.97 Å². The average Bonchev–Trinajstić information content (AvgIpc) is 2.57. The highest BCUT2D eigenvalue weighted by Gasteiger charge is 2.43. The lowest BCUT2D eigenvalue weighted by Gasteiger charge is -2.39. The van der Waals surface area contributed by atoms with Gasteiger partial charge in [0.15, 0.2) is 5.78 Å². The Balaban J connectivity index is 2.20. The smallest absolute Gasteiger partial charge is 0.337 e. The Bertz CT molecular complexity index is 995. The van der Waals surface area contributed by atoms with Crippen LogP contribution in [0.5, 0.6) is 0 Å². The molecule has 7 heteroatoms. The van der Waals surface area contributed by atoms with Crippen molar-refractivity contribution in [3.05, 3.63) is 62.5 Å². The van der Waals surface area contributed by atoms with Gasteiger partial charge in [0.1, 0.15) is 5.60 Å². The number of nitro groups is 1. The van der Waals surface area contributed by atoms with E-state index in [0.717, 1.165) is 5.70 Å². The standard InChI is InChI=1S/C23H28N2O5/c1-13-18(21(27)30-22(2,3)4)19(14-8-7-9-15(10-14)25(28)29)20-16(24-13)11-23(5,6)12-17(20)26/h7-10,19,24H,11-12H2,1-6H3. The zero-order valence-corrected chi connectivity index (χ0v) is 18.3. The Hall–Kier alpha value is -2.96. The number of nitrogens with one attached hydrogen (secondary N) is 1. The lowest BCUT2D eigenvalue weighted by atomic mass is 9.68. The fraction of sp³-hybridized carbons (Fsp3) is 0.478. The van der Waals surface area contributed by atoms with Crippen molar-refractivity contribution in [2.24, 2.45) is 5.41 Å². The van der Waals surface area contributed by atoms with E-state index in [1.807, 2.05) is 13.8 Å². The lowest BCUT2D eigenvalue weighted by Crippen LogP contribution is -2.39. The van der Waals surface area contributed by atoms with Crippen molar-refractivity contribution in [1.29, 1.82) is 0 Å². The Kier molecular flexibility index (Phi) is 5.35. The molecule has 1 unspecified atom stereocenters. The van der Waals surface area contributed by atoms with Crippen molar-refractivity contribution in [2.75, 3.05) is 0 Å². The first kappa shape index (κ1) is 21.7. The van der Waals surface area contributed by atoms with Crippen molar-refractivity contribution >= 4 is 17.4 Å². The van der Waals surface area contributed by atoms with E-state index in [0.29, 0.717) is 35.2 Å². The number of non-ortho nitro benzene ring substituents is 1. The molecule has 0 saturated carbocycles. The number of carbonyl (C=O) groups excluding carboxylic acids is 2. The number of ketones is 1. The predicted octanol–water partition coefficient (Wildman–Crippen LogP) is 4.54. The van der Waals surface area contributed by atoms with Crippen LogP contribution in [0.15, 0.2) is 46.8 Å². The molecule has 0 spiro atoms. The summed E-state index contributed by atoms with van der Waals surface area (Å²) in [4.78, 5) is 37.2. The zero-order chi connectivity index (χ0) is 22.4. The van der Waals surface area contributed by atoms with Gasteiger partial charge in [-0.3, -0.25) is 14.9 Å². The van der Waals surface area contributed by atoms with Gasteiger partial charge in [0.05, 0.1) is 10.5 Å². The normalized spacial score (nSPS) is 21.1. The first-order chi connectivity index (χ1) is 13.8. The predicted molar refractivity (Wildman–Crippen MR) is 113 cm³/mol. The van der Waals surface area contributed by atoms with Crippen LogP contribution in [0.4, 0.5) is 5.69 Å². The highest BCUT2D eigenvalue weighted by atomic mass is 16.6. The largest absolute Gasteiger partial charge is 0.457 e. The van der Waals surface area contributed by atoms with E-state index in [4.69, 9.17) is 4.74 Å². The summed E-state index contributed by atoms with van der Waals surface area (Å²) >= 11 is 0. The maximum absolute atomic E-state index is 13.2. The topological polar surface area (TPSA) is 98.5 Å². The molecule has 160 valence electrons. The Labute approximate surface area is 176 Å². The first-order valence-corrected chi connectivity index (χ1v) is 10.0. The SMILES string of the molecule is CC1=C(C(=O)OC(C)(C)C)C(c2cccc([N+](=O)[O-])c2)C2=C(CC(C)(C)CC2=O)N1. The number of allylic oxidation sites excluding steroid dienone is 3. The molecule has 30 heavy (non-hydrogen) atoms. The number of dihydropyridines is 1. The average molecular weight is 412 g/mol. The van der Waals surface area contributed by atoms with Gasteiger partial charge < -0.3 is 10.1 Å². The molecule has 2 aliphatic rings. The quantitative estimate of drug-likeness (QED) is 0.445. The van der Waals surface area contributed by atoms with Crippen LogP contribution in [0, 0.1) is 15.5 Å². The minimum atomic E-state index is -0.717. The third-order valence-corrected chi connectivity index (χ3v) is 5.27. The summed E-state index contributed by atoms with van der Waals surface area (Å²) in [6.07, 6.45) is 0.998. The van der Waals surface area contributed by atoms with Crippen molar-refractivity contribution in [3.63, 3.8) is 0 Å². The van der Waals surface area contributed by atoms with Gasteiger partial charge in [-0.05, 0) is 45.1 Å². The molecular formula is C23H28N2O5. The van der Waals surface area contributed by atoms with E-state index in [1.54, 1.807) is 39.8 Å². The van der Waals surface area contributed by atoms with E-state index in [-0.39, 0.29) is 16.9 Å². The summed E-state index contributed by atoms with van der Waals surface area (Å²) in [7, 11) is 0. The third kappa shape index (κ3) is 4.30. The molecule has 0 saturated heterocycles. The van der Waals surface area contributed by atoms with Gasteiger partial charge in [0.2, 0.25) is 0 Å². The molecule has 3 rings (SSSR count). The summed E-state index contributed by atoms with van der Waals surface area (Å²) in [5.74, 6) is -1.30. The molecule has 0 amide bonds. The highest BCUT2D eigenvalue weighted by molar-refractivity contribution is 6.04. The fourth-order valence-electron chi connectivity index (χ4n) is 4.19. The van der Waals surface area contributed by atoms with Crippen LogP contribution in [0.25, 0.3) is 0 Å². The first-order valence-electron chi connectivity index (χ1n) is 10.0. The number of esters is 1. The van der Waals surface area contributed by atoms with Crippen LogP contribution in [-0.2, 0) is 14.3 Å². The number of hydrogen-bond donors (Lipinski definition) is 1. The summed E-state index contributed by atoms with van der Waals surface area (Å²) < 4.78 is 5.63. The number of rotatable bonds is 3. The minimum absolute atomic E-state index is 0.0567. The Morgan fingerprint density at radius 2 is 1.93 bits per heavy atom. The summed E-state index contributed by atoms with van der Waals surface area (Å²) in [6, 6.07) is 6.13. The van der Waals surface area contributed by atoms with Gasteiger partial charge in [-0.2, -0.15) is 0 Å². The van der Waals surface area contributed by atoms with Crippen molar-refractivity contribution in [3.8, 4) is 0 Å². The highest BCUT2D eigenvalue weighted by Crippen LogP contribution is 2.47. The Morgan fingerprint density at radius 3 is 2.53 bits per heavy atom. The number of ether oxygens (including phenoxy) is 1. The molecule has 1 aromatic rings. The van der Waals surface area contributed by atoms with Crippen LogP contribution in [0.3, 0.4) is 0 Å². The van der Waals surface area contributed by atoms with Gasteiger partial charge in [0.25, 0.3) is 5.69 Å². The van der Waals surface area contributed by atoms with E-state index < -0.39 is 22.4 Å². The maximum atomic E-state index is 13.2. The van der Waals surface area contributed by atoms with E-state index in [2.05, 4.69) is 5.32 Å². The zero-order valence-electron chi connectivity index (χ0n) is 18.3. The number of Topliss-reactive ketones (excluding diaryl/α,β-unsaturated/α-hetero) is 1. The molecule has 1 atom stereocenters. The Morgan fingerprint density at radius 1 is 1.27 bits per heavy atom. The molecule has 1 aromatic carbocycles. The minimum Gasteiger partial charge on any atom is -0.457 e. The number of carbonyl (C=O) groups is 2. The second-order valence-corrected chi connectivity index (χ2v) is 9.78. The van der Waals surface area contributed by atoms with Gasteiger partial charge in [0, 0.05) is 41.4 Å². The van der Waals surface area contributed by atoms with Crippen LogP contribution in [-0.4, -0.2) is 22.3 Å². The molecule has 0 bridgehead atoms. The molecule has 1 heterocycles. The van der Waals surface area contributed by atoms with Gasteiger partial charge in [-0.1, -0.05) is 26.0 Å². The molecular weight excluding hydrogens is 384 g/mol. The van der Waals surface area contributed by atoms with Crippen LogP contribution in [0.2, 0.25) is 0 Å². The van der Waals surface area contributed by atoms with Crippen LogP contribution < -0.4 is 5.32 Å². The summed E-state index contributed by atoms with van der Waals surface area (Å²) in [5, 5.41) is 14.6. The lowest BCUT2D eigenvalue weighted by molar-refractivity contribution is -0.384. The third-order valence-electron chi connectivity index (χ3n) is 5.27. The fourth-order valence-corrected chi connectivity index (χ4v) is 4.19. The van der Waals surface area contributed by atoms with E-state index in [9.17, 15) is 19.7 Å². The second kappa shape index (κ2) is 7.38. The van der Waals surface area contributed by atoms with Crippen molar-refractivity contribution < 1.29 is 19.2 Å². The van der Waals surface area contributed by atoms with Gasteiger partial charge in [-0.25, -0.2) is 4.79 Å². The number of nitro benzene ring substituents is 1. The van der Waals surface area contributed by atoms with E-state index >= 15 is 0 Å². The van der Waals surface area contributed by atoms with Gasteiger partial charge in [-0.15, -0.1) is 0 Å². The number of benzene rings is 1. The molecule has 1 N–H and O–H groups in total. The van der Waals surface area contributed by atoms with Crippen molar-refractivity contribution in [2.45, 2.75) is 65.9 Å². The maximum Gasteiger partial charge on any atom is 0.337 e. The summed E-state index contributed by atoms with van der Waals surface area (Å²) in [5.41, 5.74) is 1.72. The monoisotopic (exact) mass is 412 g/mol. The summed E-state index contributed by atoms with van der Waals surface area (Å²) in [6.45, 7) is 11.2. The second-order valence-electron chi connectivity index (χ2n) is 9.78. The molecule has 0 aromatic heterocycles. The van der Waals surface area contributed by atoms with E-state index in [1.165, 1.54) is 12.1 Å². The van der Waals surface area contributed by atoms with Crippen LogP contribution in [0.1, 0.15) is 65.9 Å². The molecule has 0 fully saturated rings. The van der Waals surface area contributed by atoms with Crippen LogP contribution >= 0.6 is 0 Å². The molecule has 1 aliphatic carbocycles. The number of nitrogens with zero attached hydrogens (tertiary/aromatic N) is 1. The van der Waals surface area contributed by atoms with Crippen molar-refractivity contribution in [1.82, 2.24) is 5.32 Å². The molecule has 0 radical (unpaired) electrons. The number of hydrogen-bond acceptors (Lipinski definition) is 6. The molecule has 1 aliphatic heterocycles.